The second-order valence-electron chi connectivity index (χ2n) is 8.15. The lowest BCUT2D eigenvalue weighted by molar-refractivity contribution is -0.132. The predicted molar refractivity (Wildman–Crippen MR) is 120 cm³/mol. The third kappa shape index (κ3) is 4.25. The molecule has 31 heavy (non-hydrogen) atoms. The fourth-order valence-corrected chi connectivity index (χ4v) is 4.24. The molecule has 164 valence electrons. The number of nitrogens with zero attached hydrogens (tertiary/aromatic N) is 6. The lowest BCUT2D eigenvalue weighted by Crippen LogP contribution is -2.48. The highest BCUT2D eigenvalue weighted by atomic mass is 16.2. The summed E-state index contributed by atoms with van der Waals surface area (Å²) in [6.45, 7) is 8.50. The van der Waals surface area contributed by atoms with Gasteiger partial charge in [-0.1, -0.05) is 25.1 Å². The number of para-hydroxylation sites is 1. The van der Waals surface area contributed by atoms with Gasteiger partial charge < -0.3 is 4.90 Å². The van der Waals surface area contributed by atoms with E-state index in [2.05, 4.69) is 21.9 Å². The molecule has 0 bridgehead atoms. The van der Waals surface area contributed by atoms with Crippen molar-refractivity contribution < 1.29 is 4.79 Å². The van der Waals surface area contributed by atoms with E-state index < -0.39 is 0 Å². The standard InChI is InChI=1S/C23H30N6O2/c1-4-12-27-13-15-28(16-14-27)20(30)11-10-19-23(31)26(3)22-21(24-19)17(2)25-29(22)18-8-6-5-7-9-18/h5-9H,4,10-16H2,1-3H3. The molecule has 2 aromatic heterocycles. The van der Waals surface area contributed by atoms with Crippen LogP contribution in [-0.2, 0) is 18.3 Å². The molecule has 0 radical (unpaired) electrons. The zero-order valence-electron chi connectivity index (χ0n) is 18.5. The third-order valence-corrected chi connectivity index (χ3v) is 5.96. The van der Waals surface area contributed by atoms with Crippen LogP contribution in [0, 0.1) is 6.92 Å². The van der Waals surface area contributed by atoms with Crippen LogP contribution < -0.4 is 5.56 Å². The van der Waals surface area contributed by atoms with Gasteiger partial charge in [0.1, 0.15) is 11.2 Å². The molecule has 4 rings (SSSR count). The van der Waals surface area contributed by atoms with Crippen LogP contribution in [0.15, 0.2) is 35.1 Å². The smallest absolute Gasteiger partial charge is 0.273 e. The number of amides is 1. The average molecular weight is 423 g/mol. The predicted octanol–water partition coefficient (Wildman–Crippen LogP) is 1.91. The molecule has 0 saturated carbocycles. The third-order valence-electron chi connectivity index (χ3n) is 5.96. The number of carbonyl (C=O) groups excluding carboxylic acids is 1. The van der Waals surface area contributed by atoms with Crippen molar-refractivity contribution in [2.24, 2.45) is 7.05 Å². The van der Waals surface area contributed by atoms with E-state index in [0.717, 1.165) is 50.5 Å². The van der Waals surface area contributed by atoms with Crippen LogP contribution in [0.3, 0.4) is 0 Å². The van der Waals surface area contributed by atoms with E-state index in [9.17, 15) is 9.59 Å². The summed E-state index contributed by atoms with van der Waals surface area (Å²) < 4.78 is 3.35. The Hall–Kier alpha value is -3.00. The number of benzene rings is 1. The maximum absolute atomic E-state index is 13.0. The fourth-order valence-electron chi connectivity index (χ4n) is 4.24. The summed E-state index contributed by atoms with van der Waals surface area (Å²) in [5.74, 6) is 0.0943. The molecule has 0 spiro atoms. The van der Waals surface area contributed by atoms with Crippen LogP contribution in [-0.4, -0.2) is 67.8 Å². The molecule has 1 saturated heterocycles. The summed E-state index contributed by atoms with van der Waals surface area (Å²) in [5.41, 5.74) is 3.24. The molecular weight excluding hydrogens is 392 g/mol. The Balaban J connectivity index is 1.53. The van der Waals surface area contributed by atoms with Gasteiger partial charge in [-0.15, -0.1) is 0 Å². The van der Waals surface area contributed by atoms with Crippen molar-refractivity contribution in [2.45, 2.75) is 33.1 Å². The van der Waals surface area contributed by atoms with E-state index in [4.69, 9.17) is 0 Å². The normalized spacial score (nSPS) is 15.0. The van der Waals surface area contributed by atoms with Gasteiger partial charge in [0, 0.05) is 46.1 Å². The Labute approximate surface area is 182 Å². The lowest BCUT2D eigenvalue weighted by Gasteiger charge is -2.34. The zero-order valence-corrected chi connectivity index (χ0v) is 18.5. The Morgan fingerprint density at radius 1 is 1.10 bits per heavy atom. The summed E-state index contributed by atoms with van der Waals surface area (Å²) >= 11 is 0. The molecule has 0 aliphatic carbocycles. The van der Waals surface area contributed by atoms with Gasteiger partial charge in [-0.05, 0) is 32.0 Å². The fraction of sp³-hybridized carbons (Fsp3) is 0.478. The maximum Gasteiger partial charge on any atom is 0.273 e. The van der Waals surface area contributed by atoms with Crippen LogP contribution in [0.4, 0.5) is 0 Å². The number of piperazine rings is 1. The van der Waals surface area contributed by atoms with Gasteiger partial charge in [-0.3, -0.25) is 19.1 Å². The number of hydrogen-bond acceptors (Lipinski definition) is 5. The molecule has 3 heterocycles. The first-order chi connectivity index (χ1) is 15.0. The molecular formula is C23H30N6O2. The number of aromatic nitrogens is 4. The summed E-state index contributed by atoms with van der Waals surface area (Å²) in [6, 6.07) is 9.71. The van der Waals surface area contributed by atoms with E-state index in [-0.39, 0.29) is 11.5 Å². The molecule has 0 atom stereocenters. The molecule has 8 nitrogen and oxygen atoms in total. The SMILES string of the molecule is CCCN1CCN(C(=O)CCc2nc3c(C)nn(-c4ccccc4)c3n(C)c2=O)CC1. The quantitative estimate of drug-likeness (QED) is 0.607. The van der Waals surface area contributed by atoms with Crippen molar-refractivity contribution in [3.05, 3.63) is 52.1 Å². The topological polar surface area (TPSA) is 76.3 Å². The van der Waals surface area contributed by atoms with Gasteiger partial charge >= 0.3 is 0 Å². The summed E-state index contributed by atoms with van der Waals surface area (Å²) in [5, 5.41) is 4.61. The Bertz CT molecular complexity index is 1130. The maximum atomic E-state index is 13.0. The number of fused-ring (bicyclic) bond motifs is 1. The highest BCUT2D eigenvalue weighted by molar-refractivity contribution is 5.77. The van der Waals surface area contributed by atoms with Gasteiger partial charge in [-0.25, -0.2) is 9.67 Å². The molecule has 8 heteroatoms. The summed E-state index contributed by atoms with van der Waals surface area (Å²) in [4.78, 5) is 34.7. The number of aryl methyl sites for hydroxylation is 3. The van der Waals surface area contributed by atoms with Gasteiger partial charge in [0.25, 0.3) is 5.56 Å². The van der Waals surface area contributed by atoms with Crippen molar-refractivity contribution in [3.8, 4) is 5.69 Å². The summed E-state index contributed by atoms with van der Waals surface area (Å²) in [7, 11) is 1.74. The van der Waals surface area contributed by atoms with Crippen molar-refractivity contribution in [3.63, 3.8) is 0 Å². The summed E-state index contributed by atoms with van der Waals surface area (Å²) in [6.07, 6.45) is 1.77. The minimum absolute atomic E-state index is 0.0943. The van der Waals surface area contributed by atoms with Gasteiger partial charge in [0.05, 0.1) is 11.4 Å². The molecule has 0 N–H and O–H groups in total. The van der Waals surface area contributed by atoms with E-state index in [1.54, 1.807) is 16.3 Å². The van der Waals surface area contributed by atoms with Gasteiger partial charge in [0.2, 0.25) is 5.91 Å². The van der Waals surface area contributed by atoms with Crippen LogP contribution in [0.2, 0.25) is 0 Å². The van der Waals surface area contributed by atoms with Gasteiger partial charge in [0.15, 0.2) is 5.65 Å². The number of carbonyl (C=O) groups is 1. The van der Waals surface area contributed by atoms with Crippen molar-refractivity contribution in [1.29, 1.82) is 0 Å². The van der Waals surface area contributed by atoms with E-state index >= 15 is 0 Å². The van der Waals surface area contributed by atoms with Crippen molar-refractivity contribution in [2.75, 3.05) is 32.7 Å². The minimum atomic E-state index is -0.176. The zero-order chi connectivity index (χ0) is 22.0. The Kier molecular flexibility index (Phi) is 6.18. The van der Waals surface area contributed by atoms with E-state index in [1.165, 1.54) is 0 Å². The van der Waals surface area contributed by atoms with E-state index in [1.807, 2.05) is 42.2 Å². The Morgan fingerprint density at radius 3 is 2.48 bits per heavy atom. The van der Waals surface area contributed by atoms with Crippen molar-refractivity contribution in [1.82, 2.24) is 29.1 Å². The van der Waals surface area contributed by atoms with Crippen LogP contribution >= 0.6 is 0 Å². The van der Waals surface area contributed by atoms with Crippen molar-refractivity contribution >= 4 is 17.1 Å². The second-order valence-corrected chi connectivity index (χ2v) is 8.15. The van der Waals surface area contributed by atoms with Crippen LogP contribution in [0.1, 0.15) is 31.2 Å². The monoisotopic (exact) mass is 422 g/mol. The molecule has 1 aliphatic rings. The minimum Gasteiger partial charge on any atom is -0.340 e. The molecule has 1 aromatic carbocycles. The first kappa shape index (κ1) is 21.2. The molecule has 1 fully saturated rings. The van der Waals surface area contributed by atoms with Crippen LogP contribution in [0.5, 0.6) is 0 Å². The molecule has 0 unspecified atom stereocenters. The molecule has 3 aromatic rings. The highest BCUT2D eigenvalue weighted by Crippen LogP contribution is 2.19. The first-order valence-corrected chi connectivity index (χ1v) is 11.0. The van der Waals surface area contributed by atoms with Crippen LogP contribution in [0.25, 0.3) is 16.9 Å². The largest absolute Gasteiger partial charge is 0.340 e. The number of rotatable bonds is 6. The molecule has 1 aliphatic heterocycles. The Morgan fingerprint density at radius 2 is 1.81 bits per heavy atom. The first-order valence-electron chi connectivity index (χ1n) is 11.0. The van der Waals surface area contributed by atoms with E-state index in [0.29, 0.717) is 29.7 Å². The average Bonchev–Trinajstić information content (AvgIpc) is 3.12. The highest BCUT2D eigenvalue weighted by Gasteiger charge is 2.22. The lowest BCUT2D eigenvalue weighted by atomic mass is 10.2. The van der Waals surface area contributed by atoms with Gasteiger partial charge in [-0.2, -0.15) is 5.10 Å². The molecule has 1 amide bonds. The second kappa shape index (κ2) is 9.01. The number of hydrogen-bond donors (Lipinski definition) is 0.